The van der Waals surface area contributed by atoms with Gasteiger partial charge in [0.2, 0.25) is 0 Å². The van der Waals surface area contributed by atoms with E-state index in [1.807, 2.05) is 0 Å². The second kappa shape index (κ2) is 10.2. The highest BCUT2D eigenvalue weighted by Gasteiger charge is 2.45. The van der Waals surface area contributed by atoms with Crippen LogP contribution in [0.2, 0.25) is 0 Å². The molecule has 6 nitrogen and oxygen atoms in total. The molecule has 1 unspecified atom stereocenters. The molecule has 1 aliphatic carbocycles. The van der Waals surface area contributed by atoms with Gasteiger partial charge in [-0.1, -0.05) is 6.07 Å². The maximum Gasteiger partial charge on any atom is 0.417 e. The van der Waals surface area contributed by atoms with Crippen LogP contribution in [0.3, 0.4) is 0 Å². The summed E-state index contributed by atoms with van der Waals surface area (Å²) in [6, 6.07) is 3.31. The Labute approximate surface area is 198 Å². The number of aromatic nitrogens is 1. The number of ether oxygens (including phenoxy) is 1. The summed E-state index contributed by atoms with van der Waals surface area (Å²) in [5, 5.41) is 5.04. The number of pyridine rings is 1. The smallest absolute Gasteiger partial charge is 0.417 e. The number of fused-ring (bicyclic) bond motifs is 1. The predicted octanol–water partition coefficient (Wildman–Crippen LogP) is 4.90. The summed E-state index contributed by atoms with van der Waals surface area (Å²) in [6.07, 6.45) is -9.25. The van der Waals surface area contributed by atoms with Crippen LogP contribution >= 0.6 is 15.9 Å². The van der Waals surface area contributed by atoms with E-state index in [1.54, 1.807) is 6.07 Å². The van der Waals surface area contributed by atoms with Gasteiger partial charge in [0.05, 0.1) is 23.2 Å². The molecule has 1 atom stereocenters. The number of rotatable bonds is 5. The van der Waals surface area contributed by atoms with Crippen molar-refractivity contribution >= 4 is 27.9 Å². The summed E-state index contributed by atoms with van der Waals surface area (Å²) >= 11 is 3.13. The monoisotopic (exact) mass is 553 g/mol. The van der Waals surface area contributed by atoms with Gasteiger partial charge in [-0.15, -0.1) is 0 Å². The quantitative estimate of drug-likeness (QED) is 0.239. The SMILES string of the molecule is O=C(NCCOC(=O)c1ccc(Br)nc1)NC1CCc2c(ccc(C(F)(F)F)c2C(F)(F)F)C1. The van der Waals surface area contributed by atoms with Crippen molar-refractivity contribution in [2.75, 3.05) is 13.2 Å². The summed E-state index contributed by atoms with van der Waals surface area (Å²) in [7, 11) is 0. The van der Waals surface area contributed by atoms with Crippen LogP contribution in [0.25, 0.3) is 0 Å². The number of esters is 1. The van der Waals surface area contributed by atoms with Crippen LogP contribution in [0.15, 0.2) is 35.1 Å². The largest absolute Gasteiger partial charge is 0.460 e. The fourth-order valence-corrected chi connectivity index (χ4v) is 3.90. The maximum absolute atomic E-state index is 13.4. The summed E-state index contributed by atoms with van der Waals surface area (Å²) in [6.45, 7) is -0.164. The van der Waals surface area contributed by atoms with Gasteiger partial charge in [-0.3, -0.25) is 0 Å². The van der Waals surface area contributed by atoms with Crippen molar-refractivity contribution in [3.63, 3.8) is 0 Å². The lowest BCUT2D eigenvalue weighted by Gasteiger charge is -2.29. The van der Waals surface area contributed by atoms with Crippen molar-refractivity contribution in [3.8, 4) is 0 Å². The Morgan fingerprint density at radius 1 is 1.09 bits per heavy atom. The number of carbonyl (C=O) groups is 2. The van der Waals surface area contributed by atoms with Crippen molar-refractivity contribution < 1.29 is 40.7 Å². The summed E-state index contributed by atoms with van der Waals surface area (Å²) < 4.78 is 85.1. The average molecular weight is 554 g/mol. The topological polar surface area (TPSA) is 80.3 Å². The van der Waals surface area contributed by atoms with E-state index in [1.165, 1.54) is 12.3 Å². The van der Waals surface area contributed by atoms with Gasteiger partial charge < -0.3 is 15.4 Å². The van der Waals surface area contributed by atoms with Crippen LogP contribution in [-0.2, 0) is 29.9 Å². The number of benzene rings is 1. The molecule has 34 heavy (non-hydrogen) atoms. The van der Waals surface area contributed by atoms with E-state index in [2.05, 4.69) is 31.5 Å². The second-order valence-corrected chi connectivity index (χ2v) is 8.28. The van der Waals surface area contributed by atoms with Crippen molar-refractivity contribution in [1.82, 2.24) is 15.6 Å². The van der Waals surface area contributed by atoms with Gasteiger partial charge >= 0.3 is 24.4 Å². The molecule has 0 spiro atoms. The zero-order valence-corrected chi connectivity index (χ0v) is 18.9. The number of hydrogen-bond acceptors (Lipinski definition) is 4. The lowest BCUT2D eigenvalue weighted by atomic mass is 9.83. The van der Waals surface area contributed by atoms with Crippen LogP contribution in [0.1, 0.15) is 39.0 Å². The third kappa shape index (κ3) is 6.39. The van der Waals surface area contributed by atoms with E-state index < -0.39 is 47.1 Å². The second-order valence-electron chi connectivity index (χ2n) is 7.47. The number of halogens is 7. The Morgan fingerprint density at radius 2 is 1.82 bits per heavy atom. The molecule has 1 aliphatic rings. The van der Waals surface area contributed by atoms with Gasteiger partial charge in [0.25, 0.3) is 0 Å². The summed E-state index contributed by atoms with van der Waals surface area (Å²) in [4.78, 5) is 27.8. The fourth-order valence-electron chi connectivity index (χ4n) is 3.66. The number of nitrogens with one attached hydrogen (secondary N) is 2. The maximum atomic E-state index is 13.4. The number of nitrogens with zero attached hydrogens (tertiary/aromatic N) is 1. The molecular formula is C21H18BrF6N3O3. The summed E-state index contributed by atoms with van der Waals surface area (Å²) in [5.41, 5.74) is -3.44. The van der Waals surface area contributed by atoms with E-state index in [-0.39, 0.29) is 43.5 Å². The highest BCUT2D eigenvalue weighted by molar-refractivity contribution is 9.10. The summed E-state index contributed by atoms with van der Waals surface area (Å²) in [5.74, 6) is -0.634. The van der Waals surface area contributed by atoms with Gasteiger partial charge in [-0.05, 0) is 64.5 Å². The Morgan fingerprint density at radius 3 is 2.44 bits per heavy atom. The molecule has 2 amide bonds. The first kappa shape index (κ1) is 25.8. The first-order valence-electron chi connectivity index (χ1n) is 9.98. The van der Waals surface area contributed by atoms with Crippen molar-refractivity contribution in [2.24, 2.45) is 0 Å². The molecule has 1 aromatic heterocycles. The highest BCUT2D eigenvalue weighted by Crippen LogP contribution is 2.44. The Balaban J connectivity index is 1.53. The molecule has 2 N–H and O–H groups in total. The molecule has 0 saturated heterocycles. The number of amides is 2. The predicted molar refractivity (Wildman–Crippen MR) is 111 cm³/mol. The molecular weight excluding hydrogens is 536 g/mol. The molecule has 13 heteroatoms. The Hall–Kier alpha value is -2.83. The lowest BCUT2D eigenvalue weighted by molar-refractivity contribution is -0.162. The van der Waals surface area contributed by atoms with Crippen LogP contribution in [0.5, 0.6) is 0 Å². The van der Waals surface area contributed by atoms with Crippen molar-refractivity contribution in [2.45, 2.75) is 37.7 Å². The lowest BCUT2D eigenvalue weighted by Crippen LogP contribution is -2.45. The molecule has 3 rings (SSSR count). The average Bonchev–Trinajstić information content (AvgIpc) is 2.74. The van der Waals surface area contributed by atoms with E-state index in [4.69, 9.17) is 4.74 Å². The van der Waals surface area contributed by atoms with E-state index in [9.17, 15) is 35.9 Å². The minimum absolute atomic E-state index is 0.0298. The normalized spacial score (nSPS) is 15.9. The zero-order valence-electron chi connectivity index (χ0n) is 17.3. The standard InChI is InChI=1S/C21H18BrF6N3O3/c22-16-6-2-12(10-30-16)18(32)34-8-7-29-19(33)31-13-3-4-14-11(9-13)1-5-15(20(23,24)25)17(14)21(26,27)28/h1-2,5-6,10,13H,3-4,7-9H2,(H2,29,31,33). The van der Waals surface area contributed by atoms with Crippen LogP contribution in [0, 0.1) is 0 Å². The van der Waals surface area contributed by atoms with Crippen molar-refractivity contribution in [1.29, 1.82) is 0 Å². The van der Waals surface area contributed by atoms with Crippen LogP contribution < -0.4 is 10.6 Å². The number of carbonyl (C=O) groups excluding carboxylic acids is 2. The third-order valence-corrected chi connectivity index (χ3v) is 5.60. The van der Waals surface area contributed by atoms with E-state index in [0.29, 0.717) is 10.7 Å². The van der Waals surface area contributed by atoms with Crippen LogP contribution in [-0.4, -0.2) is 36.2 Å². The van der Waals surface area contributed by atoms with Gasteiger partial charge in [-0.2, -0.15) is 26.3 Å². The third-order valence-electron chi connectivity index (χ3n) is 5.13. The van der Waals surface area contributed by atoms with Gasteiger partial charge in [-0.25, -0.2) is 14.6 Å². The first-order chi connectivity index (χ1) is 15.9. The highest BCUT2D eigenvalue weighted by atomic mass is 79.9. The van der Waals surface area contributed by atoms with Crippen molar-refractivity contribution in [3.05, 3.63) is 62.9 Å². The first-order valence-corrected chi connectivity index (χ1v) is 10.8. The molecule has 1 heterocycles. The number of alkyl halides is 6. The van der Waals surface area contributed by atoms with Gasteiger partial charge in [0.15, 0.2) is 0 Å². The molecule has 0 aliphatic heterocycles. The Kier molecular flexibility index (Phi) is 7.74. The number of urea groups is 1. The Bertz CT molecular complexity index is 1060. The number of hydrogen-bond donors (Lipinski definition) is 2. The molecule has 2 aromatic rings. The van der Waals surface area contributed by atoms with E-state index >= 15 is 0 Å². The van der Waals surface area contributed by atoms with Gasteiger partial charge in [0.1, 0.15) is 11.2 Å². The molecule has 0 fully saturated rings. The fraction of sp³-hybridized carbons (Fsp3) is 0.381. The molecule has 184 valence electrons. The zero-order chi connectivity index (χ0) is 25.1. The van der Waals surface area contributed by atoms with Crippen LogP contribution in [0.4, 0.5) is 31.1 Å². The van der Waals surface area contributed by atoms with E-state index in [0.717, 1.165) is 6.07 Å². The minimum Gasteiger partial charge on any atom is -0.460 e. The minimum atomic E-state index is -5.16. The molecule has 0 radical (unpaired) electrons. The molecule has 1 aromatic carbocycles. The van der Waals surface area contributed by atoms with Gasteiger partial charge in [0, 0.05) is 12.2 Å². The molecule has 0 saturated carbocycles. The molecule has 0 bridgehead atoms.